The molecule has 0 radical (unpaired) electrons. The smallest absolute Gasteiger partial charge is 0.358 e. The Hall–Kier alpha value is -1.56. The van der Waals surface area contributed by atoms with E-state index in [4.69, 9.17) is 14.2 Å². The van der Waals surface area contributed by atoms with Gasteiger partial charge in [-0.3, -0.25) is 4.79 Å². The molecule has 0 amide bonds. The number of ether oxygens (including phenoxy) is 3. The number of halogens is 1. The molecule has 1 aromatic rings. The highest BCUT2D eigenvalue weighted by molar-refractivity contribution is 9.09. The van der Waals surface area contributed by atoms with E-state index in [-0.39, 0.29) is 12.4 Å². The van der Waals surface area contributed by atoms with Crippen molar-refractivity contribution in [3.8, 4) is 11.5 Å². The van der Waals surface area contributed by atoms with Crippen LogP contribution in [0.4, 0.5) is 0 Å². The van der Waals surface area contributed by atoms with Gasteiger partial charge in [-0.15, -0.1) is 0 Å². The number of esters is 1. The van der Waals surface area contributed by atoms with Crippen LogP contribution in [0.1, 0.15) is 64.0 Å². The molecule has 2 rings (SSSR count). The molecule has 0 bridgehead atoms. The van der Waals surface area contributed by atoms with Gasteiger partial charge in [0, 0.05) is 17.3 Å². The van der Waals surface area contributed by atoms with Crippen LogP contribution in [-0.4, -0.2) is 35.9 Å². The van der Waals surface area contributed by atoms with Crippen LogP contribution in [0.2, 0.25) is 0 Å². The lowest BCUT2D eigenvalue weighted by atomic mass is 9.86. The number of carbonyl (C=O) groups excluding carboxylic acids is 2. The SMILES string of the molecule is CCCc1c(OCCCCCBr)ccc2c1OC(C(C)=O)(C(=O)OCC)CC2. The number of Topliss-reactive ketones (excluding diaryl/α,β-unsaturated/α-hetero) is 1. The van der Waals surface area contributed by atoms with Crippen LogP contribution in [0.25, 0.3) is 0 Å². The number of aryl methyl sites for hydroxylation is 1. The number of carbonyl (C=O) groups is 2. The van der Waals surface area contributed by atoms with Crippen molar-refractivity contribution >= 4 is 27.7 Å². The number of benzene rings is 1. The van der Waals surface area contributed by atoms with Crippen molar-refractivity contribution < 1.29 is 23.8 Å². The summed E-state index contributed by atoms with van der Waals surface area (Å²) < 4.78 is 17.4. The fourth-order valence-corrected chi connectivity index (χ4v) is 3.88. The van der Waals surface area contributed by atoms with E-state index in [0.717, 1.165) is 54.3 Å². The van der Waals surface area contributed by atoms with E-state index in [0.29, 0.717) is 25.2 Å². The first kappa shape index (κ1) is 22.7. The zero-order chi connectivity index (χ0) is 20.6. The van der Waals surface area contributed by atoms with Crippen molar-refractivity contribution in [3.63, 3.8) is 0 Å². The number of ketones is 1. The molecule has 1 aliphatic rings. The molecular weight excluding hydrogens is 424 g/mol. The zero-order valence-electron chi connectivity index (χ0n) is 17.1. The number of hydrogen-bond acceptors (Lipinski definition) is 5. The maximum atomic E-state index is 12.6. The van der Waals surface area contributed by atoms with Crippen molar-refractivity contribution in [2.24, 2.45) is 0 Å². The Morgan fingerprint density at radius 1 is 1.21 bits per heavy atom. The fourth-order valence-electron chi connectivity index (χ4n) is 3.48. The third kappa shape index (κ3) is 5.07. The standard InChI is InChI=1S/C22H31BrO5/c1-4-9-18-19(27-15-8-6-7-14-23)11-10-17-12-13-22(16(3)24,28-20(17)18)21(25)26-5-2/h10-11H,4-9,12-15H2,1-3H3. The van der Waals surface area contributed by atoms with Gasteiger partial charge in [-0.05, 0) is 57.6 Å². The Bertz CT molecular complexity index is 688. The molecule has 0 saturated heterocycles. The summed E-state index contributed by atoms with van der Waals surface area (Å²) in [6.45, 7) is 6.06. The topological polar surface area (TPSA) is 61.8 Å². The second kappa shape index (κ2) is 10.8. The maximum Gasteiger partial charge on any atom is 0.358 e. The largest absolute Gasteiger partial charge is 0.493 e. The van der Waals surface area contributed by atoms with Crippen molar-refractivity contribution in [1.82, 2.24) is 0 Å². The highest BCUT2D eigenvalue weighted by atomic mass is 79.9. The molecule has 6 heteroatoms. The van der Waals surface area contributed by atoms with Crippen molar-refractivity contribution in [2.45, 2.75) is 71.3 Å². The van der Waals surface area contributed by atoms with Crippen LogP contribution in [0.5, 0.6) is 11.5 Å². The van der Waals surface area contributed by atoms with Gasteiger partial charge in [0.2, 0.25) is 0 Å². The Labute approximate surface area is 176 Å². The summed E-state index contributed by atoms with van der Waals surface area (Å²) in [5.74, 6) is 0.480. The molecule has 1 unspecified atom stereocenters. The normalized spacial score (nSPS) is 18.1. The molecule has 0 saturated carbocycles. The second-order valence-corrected chi connectivity index (χ2v) is 7.88. The van der Waals surface area contributed by atoms with Crippen molar-refractivity contribution in [1.29, 1.82) is 0 Å². The van der Waals surface area contributed by atoms with Gasteiger partial charge in [0.15, 0.2) is 5.78 Å². The summed E-state index contributed by atoms with van der Waals surface area (Å²) >= 11 is 3.44. The first-order chi connectivity index (χ1) is 13.5. The number of unbranched alkanes of at least 4 members (excludes halogenated alkanes) is 2. The number of fused-ring (bicyclic) bond motifs is 1. The van der Waals surface area contributed by atoms with Crippen molar-refractivity contribution in [2.75, 3.05) is 18.5 Å². The monoisotopic (exact) mass is 454 g/mol. The molecule has 156 valence electrons. The van der Waals surface area contributed by atoms with E-state index in [1.54, 1.807) is 6.92 Å². The zero-order valence-corrected chi connectivity index (χ0v) is 18.7. The Kier molecular flexibility index (Phi) is 8.80. The van der Waals surface area contributed by atoms with Gasteiger partial charge >= 0.3 is 5.97 Å². The predicted molar refractivity (Wildman–Crippen MR) is 113 cm³/mol. The Balaban J connectivity index is 2.31. The van der Waals surface area contributed by atoms with Gasteiger partial charge in [-0.1, -0.05) is 35.3 Å². The molecule has 0 fully saturated rings. The molecule has 28 heavy (non-hydrogen) atoms. The van der Waals surface area contributed by atoms with E-state index in [9.17, 15) is 9.59 Å². The molecule has 1 heterocycles. The number of hydrogen-bond donors (Lipinski definition) is 0. The first-order valence-electron chi connectivity index (χ1n) is 10.2. The van der Waals surface area contributed by atoms with Gasteiger partial charge in [-0.25, -0.2) is 4.79 Å². The lowest BCUT2D eigenvalue weighted by Crippen LogP contribution is -2.54. The summed E-state index contributed by atoms with van der Waals surface area (Å²) in [4.78, 5) is 25.0. The predicted octanol–water partition coefficient (Wildman–Crippen LogP) is 4.80. The minimum Gasteiger partial charge on any atom is -0.493 e. The van der Waals surface area contributed by atoms with Gasteiger partial charge in [0.25, 0.3) is 5.60 Å². The first-order valence-corrected chi connectivity index (χ1v) is 11.3. The fraction of sp³-hybridized carbons (Fsp3) is 0.636. The van der Waals surface area contributed by atoms with Crippen LogP contribution in [0, 0.1) is 0 Å². The van der Waals surface area contributed by atoms with Crippen LogP contribution < -0.4 is 9.47 Å². The van der Waals surface area contributed by atoms with Crippen LogP contribution in [0.3, 0.4) is 0 Å². The minimum absolute atomic E-state index is 0.212. The average molecular weight is 455 g/mol. The highest BCUT2D eigenvalue weighted by Gasteiger charge is 2.50. The summed E-state index contributed by atoms with van der Waals surface area (Å²) in [6, 6.07) is 3.97. The lowest BCUT2D eigenvalue weighted by Gasteiger charge is -2.36. The third-order valence-corrected chi connectivity index (χ3v) is 5.59. The van der Waals surface area contributed by atoms with Crippen molar-refractivity contribution in [3.05, 3.63) is 23.3 Å². The summed E-state index contributed by atoms with van der Waals surface area (Å²) in [5, 5.41) is 1.00. The summed E-state index contributed by atoms with van der Waals surface area (Å²) in [5.41, 5.74) is 0.395. The number of alkyl halides is 1. The maximum absolute atomic E-state index is 12.6. The lowest BCUT2D eigenvalue weighted by molar-refractivity contribution is -0.168. The van der Waals surface area contributed by atoms with Gasteiger partial charge < -0.3 is 14.2 Å². The Morgan fingerprint density at radius 2 is 2.00 bits per heavy atom. The molecule has 0 spiro atoms. The Morgan fingerprint density at radius 3 is 2.64 bits per heavy atom. The summed E-state index contributed by atoms with van der Waals surface area (Å²) in [6.07, 6.45) is 5.77. The van der Waals surface area contributed by atoms with E-state index in [1.807, 2.05) is 12.1 Å². The average Bonchev–Trinajstić information content (AvgIpc) is 2.68. The van der Waals surface area contributed by atoms with Crippen LogP contribution in [0.15, 0.2) is 12.1 Å². The van der Waals surface area contributed by atoms with Gasteiger partial charge in [0.05, 0.1) is 13.2 Å². The summed E-state index contributed by atoms with van der Waals surface area (Å²) in [7, 11) is 0. The molecule has 1 atom stereocenters. The van der Waals surface area contributed by atoms with Gasteiger partial charge in [-0.2, -0.15) is 0 Å². The number of rotatable bonds is 11. The quantitative estimate of drug-likeness (QED) is 0.208. The molecule has 1 aromatic carbocycles. The van der Waals surface area contributed by atoms with E-state index >= 15 is 0 Å². The minimum atomic E-state index is -1.56. The molecular formula is C22H31BrO5. The van der Waals surface area contributed by atoms with E-state index in [2.05, 4.69) is 22.9 Å². The van der Waals surface area contributed by atoms with E-state index < -0.39 is 11.6 Å². The second-order valence-electron chi connectivity index (χ2n) is 7.08. The van der Waals surface area contributed by atoms with Crippen LogP contribution in [-0.2, 0) is 27.2 Å². The third-order valence-electron chi connectivity index (χ3n) is 5.03. The van der Waals surface area contributed by atoms with E-state index in [1.165, 1.54) is 6.92 Å². The molecule has 0 aliphatic carbocycles. The molecule has 0 N–H and O–H groups in total. The highest BCUT2D eigenvalue weighted by Crippen LogP contribution is 2.42. The van der Waals surface area contributed by atoms with Crippen LogP contribution >= 0.6 is 15.9 Å². The molecule has 5 nitrogen and oxygen atoms in total. The molecule has 0 aromatic heterocycles. The molecule has 1 aliphatic heterocycles. The van der Waals surface area contributed by atoms with Gasteiger partial charge in [0.1, 0.15) is 11.5 Å².